The first-order valence-electron chi connectivity index (χ1n) is 6.43. The van der Waals surface area contributed by atoms with Gasteiger partial charge in [-0.1, -0.05) is 6.92 Å². The third kappa shape index (κ3) is 3.56. The van der Waals surface area contributed by atoms with E-state index in [1.807, 2.05) is 20.8 Å². The molecule has 0 saturated heterocycles. The van der Waals surface area contributed by atoms with Crippen molar-refractivity contribution in [2.75, 3.05) is 18.0 Å². The average Bonchev–Trinajstić information content (AvgIpc) is 2.35. The van der Waals surface area contributed by atoms with Crippen LogP contribution in [0.2, 0.25) is 0 Å². The summed E-state index contributed by atoms with van der Waals surface area (Å²) < 4.78 is 1.59. The Balaban J connectivity index is 3.09. The lowest BCUT2D eigenvalue weighted by Crippen LogP contribution is -2.38. The standard InChI is InChI=1S/C13H21N3O3/c1-5-15(8-10(4)13(18)19)11-12(17)16(9(2)3)7-6-14-11/h6-7,9-10H,5,8H2,1-4H3,(H,18,19). The Labute approximate surface area is 112 Å². The van der Waals surface area contributed by atoms with Gasteiger partial charge in [-0.25, -0.2) is 4.98 Å². The minimum Gasteiger partial charge on any atom is -0.481 e. The van der Waals surface area contributed by atoms with E-state index in [-0.39, 0.29) is 18.1 Å². The number of carbonyl (C=O) groups is 1. The van der Waals surface area contributed by atoms with E-state index in [0.29, 0.717) is 12.4 Å². The van der Waals surface area contributed by atoms with Crippen molar-refractivity contribution in [1.29, 1.82) is 0 Å². The Bertz CT molecular complexity index is 496. The van der Waals surface area contributed by atoms with E-state index in [1.54, 1.807) is 28.8 Å². The summed E-state index contributed by atoms with van der Waals surface area (Å²) in [5.74, 6) is -1.11. The Morgan fingerprint density at radius 1 is 1.47 bits per heavy atom. The van der Waals surface area contributed by atoms with Crippen LogP contribution in [-0.4, -0.2) is 33.7 Å². The lowest BCUT2D eigenvalue weighted by Gasteiger charge is -2.24. The molecule has 0 aliphatic carbocycles. The van der Waals surface area contributed by atoms with Crippen LogP contribution in [0, 0.1) is 5.92 Å². The quantitative estimate of drug-likeness (QED) is 0.842. The molecule has 1 aromatic rings. The second kappa shape index (κ2) is 6.36. The minimum atomic E-state index is -0.876. The monoisotopic (exact) mass is 267 g/mol. The van der Waals surface area contributed by atoms with Crippen molar-refractivity contribution in [1.82, 2.24) is 9.55 Å². The largest absolute Gasteiger partial charge is 0.481 e. The second-order valence-electron chi connectivity index (χ2n) is 4.83. The SMILES string of the molecule is CCN(CC(C)C(=O)O)c1nccn(C(C)C)c1=O. The Hall–Kier alpha value is -1.85. The van der Waals surface area contributed by atoms with Crippen LogP contribution in [0.1, 0.15) is 33.7 Å². The molecule has 6 heteroatoms. The Kier molecular flexibility index (Phi) is 5.09. The number of aliphatic carboxylic acids is 1. The van der Waals surface area contributed by atoms with E-state index in [2.05, 4.69) is 4.98 Å². The first kappa shape index (κ1) is 15.2. The minimum absolute atomic E-state index is 0.0462. The fourth-order valence-corrected chi connectivity index (χ4v) is 1.81. The van der Waals surface area contributed by atoms with Crippen molar-refractivity contribution in [3.05, 3.63) is 22.7 Å². The number of carboxylic acids is 1. The lowest BCUT2D eigenvalue weighted by atomic mass is 10.1. The van der Waals surface area contributed by atoms with Crippen molar-refractivity contribution in [3.63, 3.8) is 0 Å². The van der Waals surface area contributed by atoms with Crippen molar-refractivity contribution in [2.24, 2.45) is 5.92 Å². The summed E-state index contributed by atoms with van der Waals surface area (Å²) in [5.41, 5.74) is -0.183. The maximum atomic E-state index is 12.3. The summed E-state index contributed by atoms with van der Waals surface area (Å²) >= 11 is 0. The van der Waals surface area contributed by atoms with Crippen molar-refractivity contribution < 1.29 is 9.90 Å². The Morgan fingerprint density at radius 3 is 2.58 bits per heavy atom. The van der Waals surface area contributed by atoms with Crippen LogP contribution >= 0.6 is 0 Å². The van der Waals surface area contributed by atoms with Crippen LogP contribution in [0.4, 0.5) is 5.82 Å². The molecule has 0 bridgehead atoms. The van der Waals surface area contributed by atoms with E-state index >= 15 is 0 Å². The summed E-state index contributed by atoms with van der Waals surface area (Å²) in [4.78, 5) is 29.0. The van der Waals surface area contributed by atoms with Crippen LogP contribution in [0.25, 0.3) is 0 Å². The molecular weight excluding hydrogens is 246 g/mol. The zero-order valence-electron chi connectivity index (χ0n) is 11.8. The molecule has 106 valence electrons. The molecule has 1 aromatic heterocycles. The summed E-state index contributed by atoms with van der Waals surface area (Å²) in [7, 11) is 0. The highest BCUT2D eigenvalue weighted by atomic mass is 16.4. The number of nitrogens with zero attached hydrogens (tertiary/aromatic N) is 3. The fourth-order valence-electron chi connectivity index (χ4n) is 1.81. The first-order chi connectivity index (χ1) is 8.88. The van der Waals surface area contributed by atoms with Crippen molar-refractivity contribution >= 4 is 11.8 Å². The molecule has 0 aliphatic rings. The van der Waals surface area contributed by atoms with Gasteiger partial charge in [0, 0.05) is 31.5 Å². The summed E-state index contributed by atoms with van der Waals surface area (Å²) in [6.45, 7) is 8.15. The van der Waals surface area contributed by atoms with Gasteiger partial charge < -0.3 is 14.6 Å². The molecule has 0 saturated carbocycles. The third-order valence-corrected chi connectivity index (χ3v) is 3.00. The van der Waals surface area contributed by atoms with Crippen LogP contribution in [0.15, 0.2) is 17.2 Å². The van der Waals surface area contributed by atoms with E-state index in [0.717, 1.165) is 0 Å². The normalized spacial score (nSPS) is 12.5. The first-order valence-corrected chi connectivity index (χ1v) is 6.43. The molecule has 1 heterocycles. The molecule has 0 aromatic carbocycles. The van der Waals surface area contributed by atoms with Crippen LogP contribution in [0.3, 0.4) is 0 Å². The van der Waals surface area contributed by atoms with Gasteiger partial charge in [-0.15, -0.1) is 0 Å². The maximum absolute atomic E-state index is 12.3. The fraction of sp³-hybridized carbons (Fsp3) is 0.615. The van der Waals surface area contributed by atoms with Gasteiger partial charge in [-0.05, 0) is 20.8 Å². The number of carboxylic acid groups (broad SMARTS) is 1. The second-order valence-corrected chi connectivity index (χ2v) is 4.83. The summed E-state index contributed by atoms with van der Waals surface area (Å²) in [6.07, 6.45) is 3.22. The van der Waals surface area contributed by atoms with Gasteiger partial charge in [0.1, 0.15) is 0 Å². The van der Waals surface area contributed by atoms with Crippen molar-refractivity contribution in [3.8, 4) is 0 Å². The van der Waals surface area contributed by atoms with E-state index in [4.69, 9.17) is 5.11 Å². The summed E-state index contributed by atoms with van der Waals surface area (Å²) in [6, 6.07) is 0.0462. The number of rotatable bonds is 6. The predicted molar refractivity (Wildman–Crippen MR) is 73.6 cm³/mol. The molecule has 0 amide bonds. The number of aromatic nitrogens is 2. The Morgan fingerprint density at radius 2 is 2.11 bits per heavy atom. The van der Waals surface area contributed by atoms with Gasteiger partial charge >= 0.3 is 5.97 Å². The molecule has 0 radical (unpaired) electrons. The van der Waals surface area contributed by atoms with Crippen molar-refractivity contribution in [2.45, 2.75) is 33.7 Å². The molecule has 1 atom stereocenters. The molecule has 0 fully saturated rings. The van der Waals surface area contributed by atoms with E-state index in [1.165, 1.54) is 0 Å². The van der Waals surface area contributed by atoms with Gasteiger partial charge in [0.25, 0.3) is 5.56 Å². The van der Waals surface area contributed by atoms with Gasteiger partial charge in [0.05, 0.1) is 5.92 Å². The number of hydrogen-bond donors (Lipinski definition) is 1. The van der Waals surface area contributed by atoms with Gasteiger partial charge in [-0.2, -0.15) is 0 Å². The highest BCUT2D eigenvalue weighted by Gasteiger charge is 2.19. The molecule has 1 unspecified atom stereocenters. The summed E-state index contributed by atoms with van der Waals surface area (Å²) in [5, 5.41) is 8.96. The zero-order valence-corrected chi connectivity index (χ0v) is 11.8. The van der Waals surface area contributed by atoms with E-state index < -0.39 is 11.9 Å². The maximum Gasteiger partial charge on any atom is 0.308 e. The number of hydrogen-bond acceptors (Lipinski definition) is 4. The van der Waals surface area contributed by atoms with Crippen LogP contribution in [0.5, 0.6) is 0 Å². The number of anilines is 1. The highest BCUT2D eigenvalue weighted by Crippen LogP contribution is 2.09. The van der Waals surface area contributed by atoms with Crippen LogP contribution < -0.4 is 10.5 Å². The molecule has 19 heavy (non-hydrogen) atoms. The predicted octanol–water partition coefficient (Wildman–Crippen LogP) is 1.37. The molecule has 6 nitrogen and oxygen atoms in total. The van der Waals surface area contributed by atoms with Crippen LogP contribution in [-0.2, 0) is 4.79 Å². The molecule has 1 N–H and O–H groups in total. The molecule has 0 spiro atoms. The zero-order chi connectivity index (χ0) is 14.6. The topological polar surface area (TPSA) is 75.4 Å². The smallest absolute Gasteiger partial charge is 0.308 e. The third-order valence-electron chi connectivity index (χ3n) is 3.00. The molecule has 1 rings (SSSR count). The van der Waals surface area contributed by atoms with Gasteiger partial charge in [0.2, 0.25) is 0 Å². The highest BCUT2D eigenvalue weighted by molar-refractivity contribution is 5.70. The van der Waals surface area contributed by atoms with Gasteiger partial charge in [-0.3, -0.25) is 9.59 Å². The molecular formula is C13H21N3O3. The van der Waals surface area contributed by atoms with E-state index in [9.17, 15) is 9.59 Å². The lowest BCUT2D eigenvalue weighted by molar-refractivity contribution is -0.140. The molecule has 0 aliphatic heterocycles. The average molecular weight is 267 g/mol. The van der Waals surface area contributed by atoms with Gasteiger partial charge in [0.15, 0.2) is 5.82 Å².